The van der Waals surface area contributed by atoms with Crippen molar-refractivity contribution in [3.8, 4) is 22.6 Å². The molecule has 0 aliphatic heterocycles. The molecule has 0 amide bonds. The highest BCUT2D eigenvalue weighted by atomic mass is 16.5. The van der Waals surface area contributed by atoms with Crippen LogP contribution >= 0.6 is 0 Å². The molecule has 0 spiro atoms. The maximum atomic E-state index is 6.30. The fourth-order valence-corrected chi connectivity index (χ4v) is 3.61. The molecule has 6 nitrogen and oxygen atoms in total. The normalized spacial score (nSPS) is 12.1. The molecule has 1 unspecified atom stereocenters. The van der Waals surface area contributed by atoms with Gasteiger partial charge in [0, 0.05) is 28.9 Å². The van der Waals surface area contributed by atoms with E-state index >= 15 is 0 Å². The largest absolute Gasteiger partial charge is 0.496 e. The van der Waals surface area contributed by atoms with E-state index in [2.05, 4.69) is 27.3 Å². The van der Waals surface area contributed by atoms with E-state index in [1.54, 1.807) is 13.3 Å². The van der Waals surface area contributed by atoms with Crippen molar-refractivity contribution in [2.24, 2.45) is 5.73 Å². The zero-order valence-corrected chi connectivity index (χ0v) is 17.5. The molecule has 0 radical (unpaired) electrons. The number of nitrogens with zero attached hydrogens (tertiary/aromatic N) is 2. The number of aromatic amines is 1. The minimum absolute atomic E-state index is 0.119. The molecular weight excluding hydrogens is 376 g/mol. The third kappa shape index (κ3) is 4.28. The van der Waals surface area contributed by atoms with Crippen LogP contribution in [0.4, 0.5) is 0 Å². The molecule has 0 fully saturated rings. The second-order valence-electron chi connectivity index (χ2n) is 7.57. The van der Waals surface area contributed by atoms with Gasteiger partial charge in [-0.3, -0.25) is 10.1 Å². The first-order valence-corrected chi connectivity index (χ1v) is 9.95. The van der Waals surface area contributed by atoms with Crippen LogP contribution < -0.4 is 15.2 Å². The van der Waals surface area contributed by atoms with Gasteiger partial charge in [0.2, 0.25) is 0 Å². The van der Waals surface area contributed by atoms with Crippen LogP contribution in [-0.2, 0) is 6.42 Å². The topological polar surface area (TPSA) is 86.1 Å². The van der Waals surface area contributed by atoms with Gasteiger partial charge in [-0.05, 0) is 61.2 Å². The lowest BCUT2D eigenvalue weighted by Crippen LogP contribution is -2.30. The number of methoxy groups -OCH3 is 1. The van der Waals surface area contributed by atoms with Crippen LogP contribution in [0.15, 0.2) is 54.9 Å². The number of pyridine rings is 1. The van der Waals surface area contributed by atoms with E-state index in [0.29, 0.717) is 12.4 Å². The summed E-state index contributed by atoms with van der Waals surface area (Å²) in [5, 5.41) is 8.41. The number of H-pyrrole nitrogens is 1. The Bertz CT molecular complexity index is 1170. The summed E-state index contributed by atoms with van der Waals surface area (Å²) in [5.41, 5.74) is 12.6. The maximum Gasteiger partial charge on any atom is 0.138 e. The number of nitrogens with one attached hydrogen (secondary N) is 1. The van der Waals surface area contributed by atoms with Crippen molar-refractivity contribution in [1.29, 1.82) is 0 Å². The molecule has 4 rings (SSSR count). The number of nitrogens with two attached hydrogens (primary N) is 1. The summed E-state index contributed by atoms with van der Waals surface area (Å²) >= 11 is 0. The van der Waals surface area contributed by atoms with E-state index in [4.69, 9.17) is 15.2 Å². The van der Waals surface area contributed by atoms with Crippen molar-refractivity contribution in [3.05, 3.63) is 71.7 Å². The van der Waals surface area contributed by atoms with E-state index in [0.717, 1.165) is 45.5 Å². The lowest BCUT2D eigenvalue weighted by molar-refractivity contribution is 0.286. The first-order chi connectivity index (χ1) is 14.5. The first-order valence-electron chi connectivity index (χ1n) is 9.95. The predicted molar refractivity (Wildman–Crippen MR) is 119 cm³/mol. The summed E-state index contributed by atoms with van der Waals surface area (Å²) in [6, 6.07) is 14.2. The van der Waals surface area contributed by atoms with Crippen LogP contribution in [-0.4, -0.2) is 34.9 Å². The Kier molecular flexibility index (Phi) is 5.68. The van der Waals surface area contributed by atoms with Crippen molar-refractivity contribution in [2.45, 2.75) is 26.3 Å². The monoisotopic (exact) mass is 402 g/mol. The van der Waals surface area contributed by atoms with Gasteiger partial charge in [0.05, 0.1) is 18.8 Å². The van der Waals surface area contributed by atoms with Gasteiger partial charge < -0.3 is 15.2 Å². The molecule has 0 aliphatic carbocycles. The Morgan fingerprint density at radius 3 is 2.70 bits per heavy atom. The number of aryl methyl sites for hydroxylation is 2. The maximum absolute atomic E-state index is 6.30. The molecule has 2 heterocycles. The van der Waals surface area contributed by atoms with E-state index in [1.165, 1.54) is 5.56 Å². The van der Waals surface area contributed by atoms with Gasteiger partial charge in [-0.25, -0.2) is 0 Å². The standard InChI is InChI=1S/C24H26N4O2/c1-15-8-17(4-7-24(15)29-3)9-20(25)14-30-21-10-19(12-26-13-21)18-5-6-23-22(11-18)16(2)27-28-23/h4-8,10-13,20H,9,14,25H2,1-3H3,(H,27,28). The molecule has 3 N–H and O–H groups in total. The van der Waals surface area contributed by atoms with Crippen molar-refractivity contribution < 1.29 is 9.47 Å². The highest BCUT2D eigenvalue weighted by Gasteiger charge is 2.09. The van der Waals surface area contributed by atoms with Crippen LogP contribution in [0.2, 0.25) is 0 Å². The Morgan fingerprint density at radius 1 is 1.03 bits per heavy atom. The predicted octanol–water partition coefficient (Wildman–Crippen LogP) is 4.20. The fourth-order valence-electron chi connectivity index (χ4n) is 3.61. The van der Waals surface area contributed by atoms with Gasteiger partial charge in [-0.15, -0.1) is 0 Å². The molecule has 154 valence electrons. The first kappa shape index (κ1) is 19.9. The van der Waals surface area contributed by atoms with E-state index in [-0.39, 0.29) is 6.04 Å². The van der Waals surface area contributed by atoms with Gasteiger partial charge in [-0.1, -0.05) is 18.2 Å². The molecule has 6 heteroatoms. The molecule has 2 aromatic heterocycles. The third-order valence-corrected chi connectivity index (χ3v) is 5.21. The average Bonchev–Trinajstić information content (AvgIpc) is 3.13. The van der Waals surface area contributed by atoms with Gasteiger partial charge in [-0.2, -0.15) is 5.10 Å². The molecule has 0 bridgehead atoms. The van der Waals surface area contributed by atoms with Gasteiger partial charge >= 0.3 is 0 Å². The highest BCUT2D eigenvalue weighted by molar-refractivity contribution is 5.86. The minimum atomic E-state index is -0.119. The van der Waals surface area contributed by atoms with Crippen LogP contribution in [0.5, 0.6) is 11.5 Å². The van der Waals surface area contributed by atoms with E-state index in [9.17, 15) is 0 Å². The average molecular weight is 402 g/mol. The lowest BCUT2D eigenvalue weighted by atomic mass is 10.0. The number of fused-ring (bicyclic) bond motifs is 1. The van der Waals surface area contributed by atoms with Crippen LogP contribution in [0, 0.1) is 13.8 Å². The summed E-state index contributed by atoms with van der Waals surface area (Å²) < 4.78 is 11.3. The van der Waals surface area contributed by atoms with Crippen LogP contribution in [0.1, 0.15) is 16.8 Å². The number of ether oxygens (including phenoxy) is 2. The Morgan fingerprint density at radius 2 is 1.90 bits per heavy atom. The summed E-state index contributed by atoms with van der Waals surface area (Å²) in [6.07, 6.45) is 4.28. The molecule has 2 aromatic carbocycles. The Hall–Kier alpha value is -3.38. The van der Waals surface area contributed by atoms with E-state index < -0.39 is 0 Å². The smallest absolute Gasteiger partial charge is 0.138 e. The quantitative estimate of drug-likeness (QED) is 0.484. The number of hydrogen-bond acceptors (Lipinski definition) is 5. The van der Waals surface area contributed by atoms with Gasteiger partial charge in [0.15, 0.2) is 0 Å². The Balaban J connectivity index is 1.42. The number of hydrogen-bond donors (Lipinski definition) is 2. The molecular formula is C24H26N4O2. The Labute approximate surface area is 176 Å². The minimum Gasteiger partial charge on any atom is -0.496 e. The summed E-state index contributed by atoms with van der Waals surface area (Å²) in [4.78, 5) is 4.34. The zero-order chi connectivity index (χ0) is 21.1. The molecule has 1 atom stereocenters. The lowest BCUT2D eigenvalue weighted by Gasteiger charge is -2.15. The summed E-state index contributed by atoms with van der Waals surface area (Å²) in [5.74, 6) is 1.59. The van der Waals surface area contributed by atoms with Crippen molar-refractivity contribution >= 4 is 10.9 Å². The SMILES string of the molecule is COc1ccc(CC(N)COc2cncc(-c3ccc4n[nH]c(C)c4c3)c2)cc1C. The van der Waals surface area contributed by atoms with Crippen molar-refractivity contribution in [3.63, 3.8) is 0 Å². The van der Waals surface area contributed by atoms with Crippen molar-refractivity contribution in [1.82, 2.24) is 15.2 Å². The van der Waals surface area contributed by atoms with Crippen LogP contribution in [0.3, 0.4) is 0 Å². The molecule has 0 saturated heterocycles. The fraction of sp³-hybridized carbons (Fsp3) is 0.250. The van der Waals surface area contributed by atoms with Gasteiger partial charge in [0.1, 0.15) is 18.1 Å². The molecule has 0 aliphatic rings. The number of benzene rings is 2. The second-order valence-corrected chi connectivity index (χ2v) is 7.57. The molecule has 30 heavy (non-hydrogen) atoms. The van der Waals surface area contributed by atoms with Crippen molar-refractivity contribution in [2.75, 3.05) is 13.7 Å². The summed E-state index contributed by atoms with van der Waals surface area (Å²) in [6.45, 7) is 4.46. The van der Waals surface area contributed by atoms with E-state index in [1.807, 2.05) is 50.4 Å². The number of aromatic nitrogens is 3. The second kappa shape index (κ2) is 8.55. The van der Waals surface area contributed by atoms with Crippen LogP contribution in [0.25, 0.3) is 22.0 Å². The molecule has 0 saturated carbocycles. The number of rotatable bonds is 7. The third-order valence-electron chi connectivity index (χ3n) is 5.21. The van der Waals surface area contributed by atoms with Gasteiger partial charge in [0.25, 0.3) is 0 Å². The molecule has 4 aromatic rings. The highest BCUT2D eigenvalue weighted by Crippen LogP contribution is 2.27. The summed E-state index contributed by atoms with van der Waals surface area (Å²) in [7, 11) is 1.68. The zero-order valence-electron chi connectivity index (χ0n) is 17.5.